The van der Waals surface area contributed by atoms with Crippen molar-refractivity contribution in [1.82, 2.24) is 5.32 Å². The van der Waals surface area contributed by atoms with Crippen molar-refractivity contribution in [2.75, 3.05) is 12.3 Å². The van der Waals surface area contributed by atoms with E-state index in [-0.39, 0.29) is 23.9 Å². The molecule has 0 aromatic carbocycles. The molecule has 0 fully saturated rings. The van der Waals surface area contributed by atoms with Crippen LogP contribution < -0.4 is 5.32 Å². The fourth-order valence-corrected chi connectivity index (χ4v) is 2.51. The first-order valence-corrected chi connectivity index (χ1v) is 9.08. The maximum atomic E-state index is 14.4. The summed E-state index contributed by atoms with van der Waals surface area (Å²) < 4.78 is 18.6. The molecule has 1 aliphatic rings. The number of aliphatic imine (C=N–C) groups is 2. The summed E-state index contributed by atoms with van der Waals surface area (Å²) in [6.07, 6.45) is 9.60. The molecule has 130 valence electrons. The number of nitrogens with one attached hydrogen (secondary N) is 1. The van der Waals surface area contributed by atoms with E-state index in [0.29, 0.717) is 18.1 Å². The van der Waals surface area contributed by atoms with Gasteiger partial charge in [0.25, 0.3) is 0 Å². The minimum Gasteiger partial charge on any atom is -0.334 e. The van der Waals surface area contributed by atoms with Gasteiger partial charge in [-0.1, -0.05) is 31.4 Å². The molecule has 0 radical (unpaired) electrons. The second-order valence-electron chi connectivity index (χ2n) is 5.07. The van der Waals surface area contributed by atoms with Gasteiger partial charge in [0, 0.05) is 18.4 Å². The molecular weight excluding hydrogens is 323 g/mol. The highest BCUT2D eigenvalue weighted by Gasteiger charge is 2.17. The first-order valence-electron chi connectivity index (χ1n) is 8.13. The molecule has 0 aromatic rings. The van der Waals surface area contributed by atoms with Crippen LogP contribution in [0.3, 0.4) is 0 Å². The molecule has 1 unspecified atom stereocenters. The van der Waals surface area contributed by atoms with E-state index in [2.05, 4.69) is 38.5 Å². The zero-order valence-corrected chi connectivity index (χ0v) is 15.4. The number of halogens is 1. The molecule has 0 amide bonds. The topological polar surface area (TPSA) is 49.1 Å². The van der Waals surface area contributed by atoms with Crippen LogP contribution in [-0.4, -0.2) is 30.7 Å². The van der Waals surface area contributed by atoms with Crippen molar-refractivity contribution in [3.63, 3.8) is 0 Å². The van der Waals surface area contributed by atoms with Gasteiger partial charge in [0.1, 0.15) is 23.7 Å². The van der Waals surface area contributed by atoms with Gasteiger partial charge in [-0.05, 0) is 38.1 Å². The second-order valence-corrected chi connectivity index (χ2v) is 5.94. The summed E-state index contributed by atoms with van der Waals surface area (Å²) in [5.41, 5.74) is 0.277. The highest BCUT2D eigenvalue weighted by molar-refractivity contribution is 7.98. The standard InChI is InChI=1S/C18H25FN4S/c1-4-7-11-22-24-12-10-16(19)17(9-6-3)23-18-15(8-5-2)13-20-14-21-18/h5,8,11,14-15H,4,7,10,12-13H2,1-3H3,(H,20,21,23)/b8-5-,17-16-,22-11-. The maximum Gasteiger partial charge on any atom is 0.133 e. The summed E-state index contributed by atoms with van der Waals surface area (Å²) in [4.78, 5) is 8.37. The number of amidine groups is 1. The average molecular weight is 348 g/mol. The number of hydrogen-bond donors (Lipinski definition) is 1. The molecule has 24 heavy (non-hydrogen) atoms. The monoisotopic (exact) mass is 348 g/mol. The predicted molar refractivity (Wildman–Crippen MR) is 104 cm³/mol. The fraction of sp³-hybridized carbons (Fsp3) is 0.500. The van der Waals surface area contributed by atoms with Gasteiger partial charge in [-0.25, -0.2) is 13.8 Å². The predicted octanol–water partition coefficient (Wildman–Crippen LogP) is 4.32. The molecule has 1 aliphatic heterocycles. The zero-order valence-electron chi connectivity index (χ0n) is 14.6. The summed E-state index contributed by atoms with van der Waals surface area (Å²) in [6, 6.07) is 0. The van der Waals surface area contributed by atoms with Gasteiger partial charge in [-0.3, -0.25) is 4.99 Å². The van der Waals surface area contributed by atoms with Crippen LogP contribution in [0.15, 0.2) is 38.1 Å². The van der Waals surface area contributed by atoms with E-state index in [1.54, 1.807) is 6.92 Å². The van der Waals surface area contributed by atoms with Gasteiger partial charge < -0.3 is 5.32 Å². The average Bonchev–Trinajstić information content (AvgIpc) is 2.59. The molecule has 0 aromatic heterocycles. The Bertz CT molecular complexity index is 594. The molecule has 0 aliphatic carbocycles. The molecule has 4 nitrogen and oxygen atoms in total. The van der Waals surface area contributed by atoms with Gasteiger partial charge in [0.2, 0.25) is 0 Å². The quantitative estimate of drug-likeness (QED) is 0.233. The van der Waals surface area contributed by atoms with E-state index in [1.165, 1.54) is 18.3 Å². The Morgan fingerprint density at radius 2 is 2.42 bits per heavy atom. The van der Waals surface area contributed by atoms with Crippen molar-refractivity contribution >= 4 is 30.3 Å². The lowest BCUT2D eigenvalue weighted by Gasteiger charge is -2.18. The highest BCUT2D eigenvalue weighted by Crippen LogP contribution is 2.15. The molecule has 1 rings (SSSR count). The van der Waals surface area contributed by atoms with E-state index < -0.39 is 0 Å². The normalized spacial score (nSPS) is 18.3. The fourth-order valence-electron chi connectivity index (χ4n) is 1.92. The van der Waals surface area contributed by atoms with Crippen LogP contribution >= 0.6 is 11.9 Å². The zero-order chi connectivity index (χ0) is 17.6. The van der Waals surface area contributed by atoms with Gasteiger partial charge in [0.05, 0.1) is 12.5 Å². The number of hydrogen-bond acceptors (Lipinski definition) is 5. The summed E-state index contributed by atoms with van der Waals surface area (Å²) in [5, 5.41) is 3.04. The number of nitrogens with zero attached hydrogens (tertiary/aromatic N) is 3. The van der Waals surface area contributed by atoms with Crippen LogP contribution in [-0.2, 0) is 0 Å². The molecule has 1 N–H and O–H groups in total. The summed E-state index contributed by atoms with van der Waals surface area (Å²) in [6.45, 7) is 6.33. The Kier molecular flexibility index (Phi) is 10.5. The molecule has 0 saturated carbocycles. The lowest BCUT2D eigenvalue weighted by atomic mass is 10.1. The first kappa shape index (κ1) is 20.2. The lowest BCUT2D eigenvalue weighted by molar-refractivity contribution is 0.592. The van der Waals surface area contributed by atoms with Crippen LogP contribution in [0.1, 0.15) is 40.0 Å². The maximum absolute atomic E-state index is 14.4. The Morgan fingerprint density at radius 1 is 1.58 bits per heavy atom. The molecule has 1 atom stereocenters. The van der Waals surface area contributed by atoms with Gasteiger partial charge in [-0.15, -0.1) is 0 Å². The van der Waals surface area contributed by atoms with E-state index in [4.69, 9.17) is 0 Å². The largest absolute Gasteiger partial charge is 0.334 e. The minimum absolute atomic E-state index is 0.0227. The summed E-state index contributed by atoms with van der Waals surface area (Å²) in [5.74, 6) is 6.55. The van der Waals surface area contributed by atoms with Crippen molar-refractivity contribution in [2.45, 2.75) is 40.0 Å². The molecule has 1 heterocycles. The second kappa shape index (κ2) is 12.5. The van der Waals surface area contributed by atoms with Crippen LogP contribution in [0.4, 0.5) is 4.39 Å². The Labute approximate surface area is 148 Å². The summed E-state index contributed by atoms with van der Waals surface area (Å²) in [7, 11) is 0. The van der Waals surface area contributed by atoms with E-state index in [9.17, 15) is 4.39 Å². The van der Waals surface area contributed by atoms with E-state index >= 15 is 0 Å². The highest BCUT2D eigenvalue weighted by atomic mass is 32.2. The van der Waals surface area contributed by atoms with Crippen LogP contribution in [0, 0.1) is 17.8 Å². The molecule has 0 saturated heterocycles. The third-order valence-corrected chi connectivity index (χ3v) is 3.80. The van der Waals surface area contributed by atoms with E-state index in [1.807, 2.05) is 25.3 Å². The molecule has 6 heteroatoms. The SMILES string of the molecule is CC#C/C(NC1=NC=NCC1/C=C\C)=C(/F)CCS/N=C\CCC. The van der Waals surface area contributed by atoms with E-state index in [0.717, 1.165) is 12.8 Å². The Balaban J connectivity index is 2.71. The van der Waals surface area contributed by atoms with Gasteiger partial charge in [0.15, 0.2) is 0 Å². The summed E-state index contributed by atoms with van der Waals surface area (Å²) >= 11 is 1.37. The van der Waals surface area contributed by atoms with Crippen LogP contribution in [0.25, 0.3) is 0 Å². The van der Waals surface area contributed by atoms with Crippen molar-refractivity contribution in [1.29, 1.82) is 0 Å². The van der Waals surface area contributed by atoms with Gasteiger partial charge in [-0.2, -0.15) is 0 Å². The molecule has 0 spiro atoms. The number of rotatable bonds is 8. The molecule has 0 bridgehead atoms. The smallest absolute Gasteiger partial charge is 0.133 e. The minimum atomic E-state index is -0.271. The number of allylic oxidation sites excluding steroid dienone is 3. The third kappa shape index (κ3) is 7.60. The van der Waals surface area contributed by atoms with Crippen molar-refractivity contribution in [2.24, 2.45) is 20.3 Å². The first-order chi connectivity index (χ1) is 11.7. The third-order valence-electron chi connectivity index (χ3n) is 3.11. The van der Waals surface area contributed by atoms with Crippen molar-refractivity contribution in [3.8, 4) is 11.8 Å². The van der Waals surface area contributed by atoms with Crippen molar-refractivity contribution < 1.29 is 4.39 Å². The van der Waals surface area contributed by atoms with Crippen molar-refractivity contribution in [3.05, 3.63) is 23.7 Å². The number of unbranched alkanes of at least 4 members (excludes halogenated alkanes) is 1. The van der Waals surface area contributed by atoms with Gasteiger partial charge >= 0.3 is 0 Å². The van der Waals surface area contributed by atoms with Crippen LogP contribution in [0.2, 0.25) is 0 Å². The van der Waals surface area contributed by atoms with Crippen LogP contribution in [0.5, 0.6) is 0 Å². The lowest BCUT2D eigenvalue weighted by Crippen LogP contribution is -2.33. The Hall–Kier alpha value is -1.87. The Morgan fingerprint density at radius 3 is 3.12 bits per heavy atom. The molecular formula is C18H25FN4S.